The zero-order chi connectivity index (χ0) is 22.9. The Labute approximate surface area is 180 Å². The number of alkyl halides is 3. The number of carbonyl (C=O) groups is 2. The molecule has 3 N–H and O–H groups in total. The molecule has 1 aliphatic rings. The summed E-state index contributed by atoms with van der Waals surface area (Å²) >= 11 is 0. The molecule has 0 unspecified atom stereocenters. The van der Waals surface area contributed by atoms with E-state index in [1.165, 1.54) is 0 Å². The molecule has 1 aromatic carbocycles. The number of fused-ring (bicyclic) bond motifs is 1. The summed E-state index contributed by atoms with van der Waals surface area (Å²) in [6.07, 6.45) is -0.348. The van der Waals surface area contributed by atoms with Crippen molar-refractivity contribution in [2.75, 3.05) is 18.0 Å². The number of nitrogens with two attached hydrogens (primary N) is 1. The first kappa shape index (κ1) is 21.5. The number of nitrogens with zero attached hydrogens (tertiary/aromatic N) is 5. The van der Waals surface area contributed by atoms with Gasteiger partial charge in [0.15, 0.2) is 0 Å². The van der Waals surface area contributed by atoms with Crippen LogP contribution in [0, 0.1) is 0 Å². The van der Waals surface area contributed by atoms with Gasteiger partial charge >= 0.3 is 6.18 Å². The van der Waals surface area contributed by atoms with Crippen LogP contribution in [0.1, 0.15) is 28.8 Å². The lowest BCUT2D eigenvalue weighted by Gasteiger charge is -2.39. The summed E-state index contributed by atoms with van der Waals surface area (Å²) in [5, 5.41) is 8.06. The molecule has 168 valence electrons. The third kappa shape index (κ3) is 4.63. The van der Waals surface area contributed by atoms with E-state index in [0.717, 1.165) is 17.8 Å². The fraction of sp³-hybridized carbons (Fsp3) is 0.350. The van der Waals surface area contributed by atoms with E-state index in [0.29, 0.717) is 37.1 Å². The van der Waals surface area contributed by atoms with Crippen molar-refractivity contribution >= 4 is 28.7 Å². The number of aryl methyl sites for hydroxylation is 1. The summed E-state index contributed by atoms with van der Waals surface area (Å²) in [7, 11) is 0. The Morgan fingerprint density at radius 2 is 1.91 bits per heavy atom. The number of amides is 2. The number of rotatable bonds is 7. The van der Waals surface area contributed by atoms with E-state index in [2.05, 4.69) is 20.4 Å². The smallest absolute Gasteiger partial charge is 0.366 e. The number of halogens is 3. The highest BCUT2D eigenvalue weighted by Gasteiger charge is 2.33. The average Bonchev–Trinajstić information content (AvgIpc) is 3.12. The fourth-order valence-electron chi connectivity index (χ4n) is 3.47. The molecule has 2 amide bonds. The molecule has 12 heteroatoms. The van der Waals surface area contributed by atoms with Crippen LogP contribution in [0.25, 0.3) is 10.9 Å². The second kappa shape index (κ2) is 8.44. The lowest BCUT2D eigenvalue weighted by molar-refractivity contribution is -0.138. The standard InChI is InChI=1S/C20H20F3N7O2/c21-20(22,23)13-7-25-19(26-8-13)29-10-14(11-29)27-16(31)5-2-6-30-9-12-3-1-4-15(18(24)32)17(12)28-30/h1,3-4,7-9,14H,2,5-6,10-11H2,(H2,24,32)(H,27,31). The third-order valence-corrected chi connectivity index (χ3v) is 5.14. The van der Waals surface area contributed by atoms with Crippen LogP contribution in [0.5, 0.6) is 0 Å². The zero-order valence-electron chi connectivity index (χ0n) is 16.8. The summed E-state index contributed by atoms with van der Waals surface area (Å²) in [4.78, 5) is 32.8. The Kier molecular flexibility index (Phi) is 5.68. The molecule has 0 radical (unpaired) electrons. The van der Waals surface area contributed by atoms with Gasteiger partial charge in [0, 0.05) is 50.0 Å². The molecule has 0 bridgehead atoms. The quantitative estimate of drug-likeness (QED) is 0.569. The van der Waals surface area contributed by atoms with Crippen molar-refractivity contribution in [3.63, 3.8) is 0 Å². The van der Waals surface area contributed by atoms with Crippen LogP contribution in [-0.4, -0.2) is 50.7 Å². The highest BCUT2D eigenvalue weighted by Crippen LogP contribution is 2.28. The van der Waals surface area contributed by atoms with Crippen molar-refractivity contribution in [3.05, 3.63) is 47.9 Å². The van der Waals surface area contributed by atoms with Crippen molar-refractivity contribution in [1.29, 1.82) is 0 Å². The largest absolute Gasteiger partial charge is 0.419 e. The maximum Gasteiger partial charge on any atom is 0.419 e. The van der Waals surface area contributed by atoms with Gasteiger partial charge in [0.1, 0.15) is 5.52 Å². The van der Waals surface area contributed by atoms with Crippen molar-refractivity contribution < 1.29 is 22.8 Å². The predicted octanol–water partition coefficient (Wildman–Crippen LogP) is 1.73. The molecule has 0 saturated carbocycles. The van der Waals surface area contributed by atoms with E-state index in [1.807, 2.05) is 6.07 Å². The van der Waals surface area contributed by atoms with Gasteiger partial charge in [-0.15, -0.1) is 0 Å². The summed E-state index contributed by atoms with van der Waals surface area (Å²) in [6.45, 7) is 1.35. The van der Waals surface area contributed by atoms with Gasteiger partial charge in [0.25, 0.3) is 5.91 Å². The minimum atomic E-state index is -4.48. The van der Waals surface area contributed by atoms with Crippen LogP contribution in [0.3, 0.4) is 0 Å². The Morgan fingerprint density at radius 1 is 1.19 bits per heavy atom. The van der Waals surface area contributed by atoms with Crippen molar-refractivity contribution in [3.8, 4) is 0 Å². The summed E-state index contributed by atoms with van der Waals surface area (Å²) in [5.74, 6) is -0.474. The lowest BCUT2D eigenvalue weighted by Crippen LogP contribution is -2.60. The monoisotopic (exact) mass is 447 g/mol. The van der Waals surface area contributed by atoms with Crippen LogP contribution in [0.4, 0.5) is 19.1 Å². The number of carbonyl (C=O) groups excluding carboxylic acids is 2. The molecule has 1 saturated heterocycles. The maximum absolute atomic E-state index is 12.6. The SMILES string of the molecule is NC(=O)c1cccc2cn(CCCC(=O)NC3CN(c4ncc(C(F)(F)F)cn4)C3)nc12. The molecule has 4 rings (SSSR count). The van der Waals surface area contributed by atoms with E-state index in [-0.39, 0.29) is 24.3 Å². The summed E-state index contributed by atoms with van der Waals surface area (Å²) < 4.78 is 39.4. The third-order valence-electron chi connectivity index (χ3n) is 5.14. The number of nitrogens with one attached hydrogen (secondary N) is 1. The van der Waals surface area contributed by atoms with Gasteiger partial charge in [-0.25, -0.2) is 9.97 Å². The topological polar surface area (TPSA) is 119 Å². The van der Waals surface area contributed by atoms with Gasteiger partial charge in [-0.1, -0.05) is 12.1 Å². The number of primary amides is 1. The Morgan fingerprint density at radius 3 is 2.56 bits per heavy atom. The minimum Gasteiger partial charge on any atom is -0.366 e. The van der Waals surface area contributed by atoms with Gasteiger partial charge in [-0.05, 0) is 12.5 Å². The Balaban J connectivity index is 1.22. The van der Waals surface area contributed by atoms with Crippen molar-refractivity contribution in [2.24, 2.45) is 5.73 Å². The van der Waals surface area contributed by atoms with E-state index in [9.17, 15) is 22.8 Å². The molecule has 2 aromatic heterocycles. The second-order valence-electron chi connectivity index (χ2n) is 7.54. The van der Waals surface area contributed by atoms with E-state index in [1.54, 1.807) is 27.9 Å². The molecule has 3 aromatic rings. The average molecular weight is 447 g/mol. The molecule has 9 nitrogen and oxygen atoms in total. The minimum absolute atomic E-state index is 0.112. The highest BCUT2D eigenvalue weighted by molar-refractivity contribution is 6.04. The molecule has 0 atom stereocenters. The molecule has 32 heavy (non-hydrogen) atoms. The summed E-state index contributed by atoms with van der Waals surface area (Å²) in [5.41, 5.74) is 5.35. The molecule has 1 fully saturated rings. The van der Waals surface area contributed by atoms with E-state index >= 15 is 0 Å². The van der Waals surface area contributed by atoms with Gasteiger partial charge in [0.05, 0.1) is 17.2 Å². The van der Waals surface area contributed by atoms with Gasteiger partial charge in [-0.2, -0.15) is 18.3 Å². The molecular weight excluding hydrogens is 427 g/mol. The van der Waals surface area contributed by atoms with E-state index in [4.69, 9.17) is 5.73 Å². The van der Waals surface area contributed by atoms with Gasteiger partial charge < -0.3 is 16.0 Å². The zero-order valence-corrected chi connectivity index (χ0v) is 16.8. The first-order chi connectivity index (χ1) is 15.2. The number of aromatic nitrogens is 4. The number of hydrogen-bond acceptors (Lipinski definition) is 6. The number of benzene rings is 1. The number of hydrogen-bond donors (Lipinski definition) is 2. The molecule has 0 aliphatic carbocycles. The van der Waals surface area contributed by atoms with Crippen LogP contribution >= 0.6 is 0 Å². The normalized spacial score (nSPS) is 14.4. The second-order valence-corrected chi connectivity index (χ2v) is 7.54. The van der Waals surface area contributed by atoms with Crippen LogP contribution < -0.4 is 16.0 Å². The first-order valence-corrected chi connectivity index (χ1v) is 9.90. The molecule has 3 heterocycles. The highest BCUT2D eigenvalue weighted by atomic mass is 19.4. The van der Waals surface area contributed by atoms with Crippen molar-refractivity contribution in [2.45, 2.75) is 31.6 Å². The molecule has 1 aliphatic heterocycles. The molecule has 0 spiro atoms. The van der Waals surface area contributed by atoms with Gasteiger partial charge in [0.2, 0.25) is 11.9 Å². The van der Waals surface area contributed by atoms with E-state index < -0.39 is 17.6 Å². The fourth-order valence-corrected chi connectivity index (χ4v) is 3.47. The van der Waals surface area contributed by atoms with Crippen LogP contribution in [-0.2, 0) is 17.5 Å². The molecular formula is C20H20F3N7O2. The van der Waals surface area contributed by atoms with Crippen LogP contribution in [0.15, 0.2) is 36.8 Å². The Hall–Kier alpha value is -3.70. The number of anilines is 1. The maximum atomic E-state index is 12.6. The van der Waals surface area contributed by atoms with Gasteiger partial charge in [-0.3, -0.25) is 14.3 Å². The Bertz CT molecular complexity index is 1140. The summed E-state index contributed by atoms with van der Waals surface area (Å²) in [6, 6.07) is 5.08. The predicted molar refractivity (Wildman–Crippen MR) is 109 cm³/mol. The first-order valence-electron chi connectivity index (χ1n) is 9.90. The lowest BCUT2D eigenvalue weighted by atomic mass is 10.1. The van der Waals surface area contributed by atoms with Crippen LogP contribution in [0.2, 0.25) is 0 Å². The van der Waals surface area contributed by atoms with Crippen molar-refractivity contribution in [1.82, 2.24) is 25.1 Å².